The summed E-state index contributed by atoms with van der Waals surface area (Å²) in [6, 6.07) is 0. The summed E-state index contributed by atoms with van der Waals surface area (Å²) in [6.45, 7) is 10.4. The molecule has 2 fully saturated rings. The maximum absolute atomic E-state index is 12.9. The van der Waals surface area contributed by atoms with Crippen molar-refractivity contribution < 1.29 is 47.7 Å². The predicted molar refractivity (Wildman–Crippen MR) is 138 cm³/mol. The molecule has 0 radical (unpaired) electrons. The van der Waals surface area contributed by atoms with E-state index in [1.54, 1.807) is 41.5 Å². The molecule has 0 spiro atoms. The molecule has 0 heterocycles. The standard InChI is InChI=1S/C30H36O10/c1-29(2,3)39-27(35)23-17-9-7-15(13-17)21(23)25(33)37-19(31)11-12-20(32)38-26(34)22-16-8-10-18(14-16)24(22)28(36)40-30(4,5)6/h7-12,15-18,21-24H,13-14H2,1-6H3/b12-11-. The summed E-state index contributed by atoms with van der Waals surface area (Å²) >= 11 is 0. The molecular weight excluding hydrogens is 520 g/mol. The topological polar surface area (TPSA) is 139 Å². The summed E-state index contributed by atoms with van der Waals surface area (Å²) < 4.78 is 20.8. The third kappa shape index (κ3) is 6.42. The van der Waals surface area contributed by atoms with Crippen molar-refractivity contribution in [3.8, 4) is 0 Å². The molecule has 216 valence electrons. The normalized spacial score (nSPS) is 31.9. The van der Waals surface area contributed by atoms with Crippen LogP contribution < -0.4 is 0 Å². The van der Waals surface area contributed by atoms with Gasteiger partial charge in [0.1, 0.15) is 11.2 Å². The van der Waals surface area contributed by atoms with Crippen molar-refractivity contribution >= 4 is 35.8 Å². The molecular formula is C30H36O10. The van der Waals surface area contributed by atoms with Crippen molar-refractivity contribution in [3.05, 3.63) is 36.5 Å². The van der Waals surface area contributed by atoms with Gasteiger partial charge in [-0.2, -0.15) is 0 Å². The molecule has 4 bridgehead atoms. The molecule has 10 nitrogen and oxygen atoms in total. The second kappa shape index (κ2) is 10.8. The van der Waals surface area contributed by atoms with Crippen molar-refractivity contribution in [2.45, 2.75) is 65.6 Å². The van der Waals surface area contributed by atoms with Crippen LogP contribution in [-0.4, -0.2) is 47.0 Å². The molecule has 4 aliphatic carbocycles. The van der Waals surface area contributed by atoms with Gasteiger partial charge >= 0.3 is 35.8 Å². The molecule has 0 amide bonds. The first-order chi connectivity index (χ1) is 18.5. The molecule has 8 atom stereocenters. The molecule has 4 rings (SSSR count). The van der Waals surface area contributed by atoms with Crippen LogP contribution >= 0.6 is 0 Å². The van der Waals surface area contributed by atoms with E-state index < -0.39 is 70.7 Å². The van der Waals surface area contributed by atoms with Gasteiger partial charge < -0.3 is 18.9 Å². The van der Waals surface area contributed by atoms with Gasteiger partial charge in [-0.15, -0.1) is 0 Å². The van der Waals surface area contributed by atoms with Crippen LogP contribution in [0.15, 0.2) is 36.5 Å². The minimum Gasteiger partial charge on any atom is -0.460 e. The second-order valence-corrected chi connectivity index (χ2v) is 12.9. The first-order valence-electron chi connectivity index (χ1n) is 13.6. The number of hydrogen-bond donors (Lipinski definition) is 0. The summed E-state index contributed by atoms with van der Waals surface area (Å²) in [5.74, 6) is -9.32. The van der Waals surface area contributed by atoms with Gasteiger partial charge in [0.05, 0.1) is 23.7 Å². The summed E-state index contributed by atoms with van der Waals surface area (Å²) in [4.78, 5) is 75.9. The number of ether oxygens (including phenoxy) is 4. The van der Waals surface area contributed by atoms with E-state index in [-0.39, 0.29) is 23.7 Å². The van der Waals surface area contributed by atoms with Crippen molar-refractivity contribution in [1.29, 1.82) is 0 Å². The fourth-order valence-corrected chi connectivity index (χ4v) is 6.21. The van der Waals surface area contributed by atoms with Crippen LogP contribution in [0.5, 0.6) is 0 Å². The number of carbonyl (C=O) groups excluding carboxylic acids is 6. The van der Waals surface area contributed by atoms with Gasteiger partial charge in [0.15, 0.2) is 0 Å². The molecule has 8 unspecified atom stereocenters. The summed E-state index contributed by atoms with van der Waals surface area (Å²) in [5.41, 5.74) is -1.48. The molecule has 0 aliphatic heterocycles. The molecule has 40 heavy (non-hydrogen) atoms. The molecule has 0 saturated heterocycles. The minimum absolute atomic E-state index is 0.186. The average molecular weight is 557 g/mol. The van der Waals surface area contributed by atoms with Gasteiger partial charge in [0.25, 0.3) is 0 Å². The third-order valence-electron chi connectivity index (χ3n) is 7.58. The maximum atomic E-state index is 12.9. The van der Waals surface area contributed by atoms with E-state index in [2.05, 4.69) is 0 Å². The molecule has 0 aromatic rings. The van der Waals surface area contributed by atoms with Crippen LogP contribution in [0.1, 0.15) is 54.4 Å². The first kappa shape index (κ1) is 29.4. The zero-order chi connectivity index (χ0) is 29.6. The predicted octanol–water partition coefficient (Wildman–Crippen LogP) is 3.24. The lowest BCUT2D eigenvalue weighted by Gasteiger charge is -2.28. The summed E-state index contributed by atoms with van der Waals surface area (Å²) in [6.07, 6.45) is 9.92. The van der Waals surface area contributed by atoms with E-state index in [0.717, 1.165) is 0 Å². The molecule has 2 saturated carbocycles. The zero-order valence-electron chi connectivity index (χ0n) is 23.6. The molecule has 10 heteroatoms. The van der Waals surface area contributed by atoms with Crippen molar-refractivity contribution in [1.82, 2.24) is 0 Å². The van der Waals surface area contributed by atoms with Gasteiger partial charge in [0.2, 0.25) is 0 Å². The Morgan fingerprint density at radius 2 is 0.800 bits per heavy atom. The Hall–Kier alpha value is -3.56. The number of rotatable bonds is 6. The van der Waals surface area contributed by atoms with Crippen molar-refractivity contribution in [2.24, 2.45) is 47.3 Å². The van der Waals surface area contributed by atoms with E-state index in [0.29, 0.717) is 25.0 Å². The highest BCUT2D eigenvalue weighted by Crippen LogP contribution is 2.50. The quantitative estimate of drug-likeness (QED) is 0.157. The number of carbonyl (C=O) groups is 6. The number of esters is 6. The van der Waals surface area contributed by atoms with Crippen molar-refractivity contribution in [2.75, 3.05) is 0 Å². The number of fused-ring (bicyclic) bond motifs is 4. The largest absolute Gasteiger partial charge is 0.460 e. The molecule has 0 N–H and O–H groups in total. The van der Waals surface area contributed by atoms with Gasteiger partial charge in [-0.3, -0.25) is 19.2 Å². The Morgan fingerprint density at radius 3 is 1.07 bits per heavy atom. The first-order valence-corrected chi connectivity index (χ1v) is 13.6. The summed E-state index contributed by atoms with van der Waals surface area (Å²) in [5, 5.41) is 0. The maximum Gasteiger partial charge on any atom is 0.338 e. The van der Waals surface area contributed by atoms with E-state index in [9.17, 15) is 28.8 Å². The average Bonchev–Trinajstić information content (AvgIpc) is 3.60. The number of hydrogen-bond acceptors (Lipinski definition) is 10. The highest BCUT2D eigenvalue weighted by molar-refractivity contribution is 6.01. The highest BCUT2D eigenvalue weighted by Gasteiger charge is 2.55. The Labute approximate surface area is 233 Å². The lowest BCUT2D eigenvalue weighted by molar-refractivity contribution is -0.172. The zero-order valence-corrected chi connectivity index (χ0v) is 23.6. The van der Waals surface area contributed by atoms with E-state index in [1.807, 2.05) is 24.3 Å². The lowest BCUT2D eigenvalue weighted by Crippen LogP contribution is -2.39. The third-order valence-corrected chi connectivity index (χ3v) is 7.58. The van der Waals surface area contributed by atoms with E-state index in [4.69, 9.17) is 18.9 Å². The lowest BCUT2D eigenvalue weighted by atomic mass is 9.83. The fraction of sp³-hybridized carbons (Fsp3) is 0.600. The van der Waals surface area contributed by atoms with Crippen LogP contribution in [0.4, 0.5) is 0 Å². The van der Waals surface area contributed by atoms with E-state index >= 15 is 0 Å². The fourth-order valence-electron chi connectivity index (χ4n) is 6.21. The smallest absolute Gasteiger partial charge is 0.338 e. The molecule has 0 aromatic carbocycles. The number of allylic oxidation sites excluding steroid dienone is 4. The second-order valence-electron chi connectivity index (χ2n) is 12.9. The van der Waals surface area contributed by atoms with E-state index in [1.165, 1.54) is 0 Å². The van der Waals surface area contributed by atoms with Crippen LogP contribution in [0.3, 0.4) is 0 Å². The molecule has 4 aliphatic rings. The Morgan fingerprint density at radius 1 is 0.525 bits per heavy atom. The monoisotopic (exact) mass is 556 g/mol. The van der Waals surface area contributed by atoms with Crippen LogP contribution in [0.2, 0.25) is 0 Å². The van der Waals surface area contributed by atoms with Crippen LogP contribution in [0.25, 0.3) is 0 Å². The van der Waals surface area contributed by atoms with Crippen LogP contribution in [-0.2, 0) is 47.7 Å². The van der Waals surface area contributed by atoms with Crippen LogP contribution in [0, 0.1) is 47.3 Å². The van der Waals surface area contributed by atoms with Gasteiger partial charge in [-0.1, -0.05) is 24.3 Å². The minimum atomic E-state index is -1.14. The van der Waals surface area contributed by atoms with Crippen molar-refractivity contribution in [3.63, 3.8) is 0 Å². The van der Waals surface area contributed by atoms with Gasteiger partial charge in [0, 0.05) is 12.2 Å². The molecule has 0 aromatic heterocycles. The highest BCUT2D eigenvalue weighted by atomic mass is 16.6. The Kier molecular flexibility index (Phi) is 7.93. The Bertz CT molecular complexity index is 1100. The Balaban J connectivity index is 1.33. The van der Waals surface area contributed by atoms with Gasteiger partial charge in [-0.25, -0.2) is 9.59 Å². The summed E-state index contributed by atoms with van der Waals surface area (Å²) in [7, 11) is 0. The van der Waals surface area contributed by atoms with Gasteiger partial charge in [-0.05, 0) is 78.1 Å². The SMILES string of the molecule is CC(C)(C)OC(=O)C1C2C=CC(C2)C1C(=O)OC(=O)/C=C\C(=O)OC(=O)C1C2C=CC(C2)C1C(=O)OC(C)(C)C.